The number of morpholine rings is 1. The second-order valence-electron chi connectivity index (χ2n) is 10.6. The first-order valence-corrected chi connectivity index (χ1v) is 15.7. The van der Waals surface area contributed by atoms with E-state index in [4.69, 9.17) is 19.6 Å². The highest BCUT2D eigenvalue weighted by Gasteiger charge is 2.36. The van der Waals surface area contributed by atoms with Crippen molar-refractivity contribution in [3.8, 4) is 22.7 Å². The summed E-state index contributed by atoms with van der Waals surface area (Å²) in [5, 5.41) is 13.8. The van der Waals surface area contributed by atoms with Crippen LogP contribution in [0.2, 0.25) is 0 Å². The molecule has 2 aliphatic heterocycles. The molecule has 2 saturated heterocycles. The second kappa shape index (κ2) is 10.5. The SMILES string of the molecule is COc1cc(NS(C)(=O)=O)ccc1-n1nc(NCCN2C3CCC2COC3)c2cnc(-c3cnn4cccnc34)cc21. The Labute approximate surface area is 242 Å². The molecule has 0 spiro atoms. The molecule has 2 fully saturated rings. The van der Waals surface area contributed by atoms with E-state index in [1.165, 1.54) is 12.8 Å². The third kappa shape index (κ3) is 4.91. The smallest absolute Gasteiger partial charge is 0.229 e. The molecular formula is C28H31N9O4S. The van der Waals surface area contributed by atoms with Crippen LogP contribution >= 0.6 is 0 Å². The number of hydrogen-bond acceptors (Lipinski definition) is 10. The molecule has 2 N–H and O–H groups in total. The predicted octanol–water partition coefficient (Wildman–Crippen LogP) is 2.79. The third-order valence-corrected chi connectivity index (χ3v) is 8.49. The summed E-state index contributed by atoms with van der Waals surface area (Å²) in [5.41, 5.74) is 4.03. The highest BCUT2D eigenvalue weighted by Crippen LogP contribution is 2.34. The summed E-state index contributed by atoms with van der Waals surface area (Å²) in [6.45, 7) is 3.20. The van der Waals surface area contributed by atoms with Crippen LogP contribution in [0.25, 0.3) is 33.5 Å². The maximum absolute atomic E-state index is 11.8. The number of nitrogens with one attached hydrogen (secondary N) is 2. The van der Waals surface area contributed by atoms with Crippen LogP contribution in [0, 0.1) is 0 Å². The van der Waals surface area contributed by atoms with Gasteiger partial charge in [0.15, 0.2) is 11.5 Å². The monoisotopic (exact) mass is 589 g/mol. The van der Waals surface area contributed by atoms with Crippen LogP contribution in [0.4, 0.5) is 11.5 Å². The summed E-state index contributed by atoms with van der Waals surface area (Å²) < 4.78 is 41.1. The van der Waals surface area contributed by atoms with Gasteiger partial charge in [-0.25, -0.2) is 22.6 Å². The van der Waals surface area contributed by atoms with E-state index >= 15 is 0 Å². The predicted molar refractivity (Wildman–Crippen MR) is 159 cm³/mol. The van der Waals surface area contributed by atoms with Gasteiger partial charge >= 0.3 is 0 Å². The number of benzene rings is 1. The number of hydrogen-bond donors (Lipinski definition) is 2. The molecule has 5 aromatic rings. The van der Waals surface area contributed by atoms with Crippen molar-refractivity contribution in [1.82, 2.24) is 34.3 Å². The fourth-order valence-corrected chi connectivity index (χ4v) is 6.55. The van der Waals surface area contributed by atoms with Crippen LogP contribution in [0.15, 0.2) is 55.1 Å². The van der Waals surface area contributed by atoms with Gasteiger partial charge in [0.2, 0.25) is 10.0 Å². The Morgan fingerprint density at radius 2 is 1.95 bits per heavy atom. The van der Waals surface area contributed by atoms with Crippen molar-refractivity contribution < 1.29 is 17.9 Å². The molecule has 218 valence electrons. The lowest BCUT2D eigenvalue weighted by Gasteiger charge is -2.34. The average Bonchev–Trinajstić information content (AvgIpc) is 3.63. The molecule has 1 aromatic carbocycles. The normalized spacial score (nSPS) is 19.0. The van der Waals surface area contributed by atoms with Crippen molar-refractivity contribution in [1.29, 1.82) is 0 Å². The van der Waals surface area contributed by atoms with E-state index in [0.717, 1.165) is 42.5 Å². The number of ether oxygens (including phenoxy) is 2. The first kappa shape index (κ1) is 26.6. The molecule has 0 radical (unpaired) electrons. The zero-order valence-electron chi connectivity index (χ0n) is 23.3. The maximum Gasteiger partial charge on any atom is 0.229 e. The highest BCUT2D eigenvalue weighted by atomic mass is 32.2. The van der Waals surface area contributed by atoms with Crippen molar-refractivity contribution in [3.05, 3.63) is 55.1 Å². The van der Waals surface area contributed by atoms with Gasteiger partial charge in [-0.3, -0.25) is 14.6 Å². The topological polar surface area (TPSA) is 141 Å². The molecule has 2 bridgehead atoms. The van der Waals surface area contributed by atoms with Gasteiger partial charge in [-0.15, -0.1) is 5.10 Å². The number of rotatable bonds is 9. The quantitative estimate of drug-likeness (QED) is 0.264. The minimum absolute atomic E-state index is 0.396. The molecule has 13 nitrogen and oxygen atoms in total. The van der Waals surface area contributed by atoms with Gasteiger partial charge in [-0.05, 0) is 37.1 Å². The van der Waals surface area contributed by atoms with Gasteiger partial charge in [-0.1, -0.05) is 0 Å². The average molecular weight is 590 g/mol. The minimum Gasteiger partial charge on any atom is -0.494 e. The fourth-order valence-electron chi connectivity index (χ4n) is 5.99. The van der Waals surface area contributed by atoms with Crippen molar-refractivity contribution in [3.63, 3.8) is 0 Å². The Hall–Kier alpha value is -4.27. The van der Waals surface area contributed by atoms with E-state index in [0.29, 0.717) is 52.9 Å². The summed E-state index contributed by atoms with van der Waals surface area (Å²) in [6.07, 6.45) is 10.6. The molecule has 0 saturated carbocycles. The maximum atomic E-state index is 11.8. The molecule has 7 rings (SSSR count). The summed E-state index contributed by atoms with van der Waals surface area (Å²) in [4.78, 5) is 11.8. The number of sulfonamides is 1. The van der Waals surface area contributed by atoms with Crippen LogP contribution in [0.1, 0.15) is 12.8 Å². The number of fused-ring (bicyclic) bond motifs is 4. The fraction of sp³-hybridized carbons (Fsp3) is 0.357. The Bertz CT molecular complexity index is 1870. The van der Waals surface area contributed by atoms with E-state index in [1.54, 1.807) is 46.9 Å². The lowest BCUT2D eigenvalue weighted by atomic mass is 10.2. The summed E-state index contributed by atoms with van der Waals surface area (Å²) >= 11 is 0. The number of pyridine rings is 1. The van der Waals surface area contributed by atoms with Crippen LogP contribution < -0.4 is 14.8 Å². The van der Waals surface area contributed by atoms with Gasteiger partial charge in [-0.2, -0.15) is 5.10 Å². The Balaban J connectivity index is 1.28. The zero-order valence-corrected chi connectivity index (χ0v) is 24.1. The first-order chi connectivity index (χ1) is 20.4. The molecule has 2 unspecified atom stereocenters. The van der Waals surface area contributed by atoms with Crippen LogP contribution in [-0.2, 0) is 14.8 Å². The van der Waals surface area contributed by atoms with Gasteiger partial charge < -0.3 is 14.8 Å². The second-order valence-corrected chi connectivity index (χ2v) is 12.4. The van der Waals surface area contributed by atoms with Crippen molar-refractivity contribution >= 4 is 38.1 Å². The first-order valence-electron chi connectivity index (χ1n) is 13.8. The minimum atomic E-state index is -3.45. The summed E-state index contributed by atoms with van der Waals surface area (Å²) in [6, 6.07) is 9.85. The van der Waals surface area contributed by atoms with Crippen molar-refractivity contribution in [2.24, 2.45) is 0 Å². The molecule has 0 aliphatic carbocycles. The van der Waals surface area contributed by atoms with Gasteiger partial charge in [0.05, 0.1) is 60.6 Å². The van der Waals surface area contributed by atoms with E-state index in [-0.39, 0.29) is 0 Å². The number of anilines is 2. The molecule has 4 aromatic heterocycles. The molecule has 14 heteroatoms. The van der Waals surface area contributed by atoms with Crippen LogP contribution in [0.5, 0.6) is 5.75 Å². The largest absolute Gasteiger partial charge is 0.494 e. The van der Waals surface area contributed by atoms with Crippen molar-refractivity contribution in [2.75, 3.05) is 49.7 Å². The number of methoxy groups -OCH3 is 1. The number of nitrogens with zero attached hydrogens (tertiary/aromatic N) is 7. The summed E-state index contributed by atoms with van der Waals surface area (Å²) in [7, 11) is -1.91. The number of aromatic nitrogens is 6. The van der Waals surface area contributed by atoms with E-state index in [2.05, 4.69) is 25.0 Å². The molecule has 6 heterocycles. The molecule has 42 heavy (non-hydrogen) atoms. The Morgan fingerprint density at radius 3 is 2.74 bits per heavy atom. The van der Waals surface area contributed by atoms with E-state index < -0.39 is 10.0 Å². The van der Waals surface area contributed by atoms with Gasteiger partial charge in [0, 0.05) is 49.8 Å². The Morgan fingerprint density at radius 1 is 1.12 bits per heavy atom. The lowest BCUT2D eigenvalue weighted by Crippen LogP contribution is -2.47. The zero-order chi connectivity index (χ0) is 28.8. The molecule has 2 aliphatic rings. The Kier molecular flexibility index (Phi) is 6.67. The highest BCUT2D eigenvalue weighted by molar-refractivity contribution is 7.92. The van der Waals surface area contributed by atoms with Crippen molar-refractivity contribution in [2.45, 2.75) is 24.9 Å². The summed E-state index contributed by atoms with van der Waals surface area (Å²) in [5.74, 6) is 1.16. The third-order valence-electron chi connectivity index (χ3n) is 7.89. The van der Waals surface area contributed by atoms with E-state index in [9.17, 15) is 8.42 Å². The molecular weight excluding hydrogens is 558 g/mol. The lowest BCUT2D eigenvalue weighted by molar-refractivity contribution is -0.0123. The van der Waals surface area contributed by atoms with Gasteiger partial charge in [0.25, 0.3) is 0 Å². The van der Waals surface area contributed by atoms with E-state index in [1.807, 2.05) is 24.5 Å². The van der Waals surface area contributed by atoms with Crippen LogP contribution in [-0.4, -0.2) is 94.4 Å². The molecule has 0 amide bonds. The molecule has 2 atom stereocenters. The standard InChI is InChI=1S/C28H31N9O4S/c1-40-26-12-18(34-42(2,38)39)4-7-24(26)37-25-13-23(21-15-32-36-10-3-8-30-28(21)36)31-14-22(25)27(33-37)29-9-11-35-19-5-6-20(35)17-41-16-19/h3-4,7-8,10,12-15,19-20,34H,5-6,9,11,16-17H2,1-2H3,(H,29,33). The van der Waals surface area contributed by atoms with Crippen LogP contribution in [0.3, 0.4) is 0 Å². The van der Waals surface area contributed by atoms with Gasteiger partial charge in [0.1, 0.15) is 11.4 Å².